The Labute approximate surface area is 233 Å². The molecule has 2 saturated carbocycles. The second kappa shape index (κ2) is 13.7. The number of hydrogen-bond donors (Lipinski definition) is 0. The Morgan fingerprint density at radius 1 is 0.757 bits per heavy atom. The standard InChI is InChI=1S/C26H33N4Se2.ClHO4/c1-20-29(23-16-8-10-18-25(23)31-21-12-4-2-5-13-21)27-28-30(20)24-17-9-11-19-26(24)32-22-14-6-3-7-15-22;2-1(3,4)5/h2-7,12-15,23-26H,8-11,16-19H2,1H3;(H,2,3,4,5)/q+1;/p-1/t23-,24+,25-,26+;. The van der Waals surface area contributed by atoms with E-state index in [1.54, 1.807) is 0 Å². The van der Waals surface area contributed by atoms with E-state index in [0.717, 1.165) is 0 Å². The van der Waals surface area contributed by atoms with Gasteiger partial charge in [0.25, 0.3) is 0 Å². The van der Waals surface area contributed by atoms with Crippen molar-refractivity contribution in [3.63, 3.8) is 0 Å². The maximum absolute atomic E-state index is 8.49. The molecule has 0 spiro atoms. The topological polar surface area (TPSA) is 127 Å². The van der Waals surface area contributed by atoms with Crippen molar-refractivity contribution >= 4 is 38.8 Å². The number of aromatic nitrogens is 4. The summed E-state index contributed by atoms with van der Waals surface area (Å²) >= 11 is 0.971. The smallest absolute Gasteiger partial charge is 0.112 e. The van der Waals surface area contributed by atoms with Crippen LogP contribution in [0.1, 0.15) is 69.3 Å². The maximum atomic E-state index is 8.49. The van der Waals surface area contributed by atoms with E-state index in [-0.39, 0.29) is 0 Å². The fraction of sp³-hybridized carbons (Fsp3) is 0.500. The molecule has 0 aliphatic heterocycles. The minimum absolute atomic E-state index is 0.485. The van der Waals surface area contributed by atoms with Gasteiger partial charge in [-0.1, -0.05) is 0 Å². The van der Waals surface area contributed by atoms with Gasteiger partial charge in [0.2, 0.25) is 0 Å². The first kappa shape index (κ1) is 28.7. The quantitative estimate of drug-likeness (QED) is 0.247. The van der Waals surface area contributed by atoms with Gasteiger partial charge in [0.05, 0.1) is 0 Å². The van der Waals surface area contributed by atoms with Gasteiger partial charge in [0, 0.05) is 0 Å². The third-order valence-corrected chi connectivity index (χ3v) is 12.8. The molecule has 0 radical (unpaired) electrons. The first-order chi connectivity index (χ1) is 17.8. The van der Waals surface area contributed by atoms with Crippen LogP contribution in [-0.4, -0.2) is 45.0 Å². The number of benzene rings is 2. The predicted octanol–water partition coefficient (Wildman–Crippen LogP) is -1.02. The number of hydrogen-bond acceptors (Lipinski definition) is 6. The summed E-state index contributed by atoms with van der Waals surface area (Å²) in [4.78, 5) is 1.42. The number of tetrazole rings is 1. The van der Waals surface area contributed by atoms with Gasteiger partial charge in [0.15, 0.2) is 0 Å². The minimum atomic E-state index is -4.94. The third-order valence-electron chi connectivity index (χ3n) is 6.92. The average molecular weight is 659 g/mol. The molecule has 3 aromatic rings. The third kappa shape index (κ3) is 8.59. The second-order valence-electron chi connectivity index (χ2n) is 9.44. The molecule has 1 heterocycles. The summed E-state index contributed by atoms with van der Waals surface area (Å²) in [5.41, 5.74) is 0. The van der Waals surface area contributed by atoms with E-state index in [4.69, 9.17) is 29.1 Å². The average Bonchev–Trinajstić information content (AvgIpc) is 3.26. The summed E-state index contributed by atoms with van der Waals surface area (Å²) in [5, 5.41) is 9.59. The molecule has 8 nitrogen and oxygen atoms in total. The van der Waals surface area contributed by atoms with E-state index in [0.29, 0.717) is 51.6 Å². The first-order valence-electron chi connectivity index (χ1n) is 12.7. The van der Waals surface area contributed by atoms with Gasteiger partial charge in [-0.15, -0.1) is 10.2 Å². The zero-order valence-corrected chi connectivity index (χ0v) is 25.0. The summed E-state index contributed by atoms with van der Waals surface area (Å²) in [6.45, 7) is 2.27. The van der Waals surface area contributed by atoms with Crippen molar-refractivity contribution in [2.24, 2.45) is 0 Å². The van der Waals surface area contributed by atoms with Crippen LogP contribution in [0.15, 0.2) is 60.7 Å². The van der Waals surface area contributed by atoms with Gasteiger partial charge < -0.3 is 0 Å². The second-order valence-corrected chi connectivity index (χ2v) is 15.7. The molecule has 0 saturated heterocycles. The van der Waals surface area contributed by atoms with Crippen LogP contribution in [0, 0.1) is 17.2 Å². The van der Waals surface area contributed by atoms with Crippen molar-refractivity contribution in [1.82, 2.24) is 15.1 Å². The summed E-state index contributed by atoms with van der Waals surface area (Å²) in [6, 6.07) is 23.2. The van der Waals surface area contributed by atoms with Crippen LogP contribution in [-0.2, 0) is 0 Å². The predicted molar refractivity (Wildman–Crippen MR) is 131 cm³/mol. The molecule has 11 heteroatoms. The number of halogens is 1. The Bertz CT molecular complexity index is 1020. The molecular formula is C26H33ClN4O4Se2. The van der Waals surface area contributed by atoms with E-state index < -0.39 is 10.2 Å². The van der Waals surface area contributed by atoms with Crippen LogP contribution in [0.5, 0.6) is 0 Å². The van der Waals surface area contributed by atoms with Crippen LogP contribution in [0.2, 0.25) is 9.63 Å². The van der Waals surface area contributed by atoms with Gasteiger partial charge in [-0.05, 0) is 0 Å². The van der Waals surface area contributed by atoms with E-state index in [1.807, 2.05) is 0 Å². The Kier molecular flexibility index (Phi) is 10.6. The maximum Gasteiger partial charge on any atom is -0.112 e. The summed E-state index contributed by atoms with van der Waals surface area (Å²) < 4.78 is 41.6. The van der Waals surface area contributed by atoms with Gasteiger partial charge in [0.1, 0.15) is 0 Å². The molecule has 2 aromatic carbocycles. The molecule has 2 fully saturated rings. The van der Waals surface area contributed by atoms with Crippen molar-refractivity contribution in [2.75, 3.05) is 0 Å². The first-order valence-corrected chi connectivity index (χ1v) is 17.6. The largest absolute Gasteiger partial charge is 0.222 e. The fourth-order valence-electron chi connectivity index (χ4n) is 5.27. The summed E-state index contributed by atoms with van der Waals surface area (Å²) in [5.74, 6) is 1.27. The molecule has 200 valence electrons. The number of nitrogens with zero attached hydrogens (tertiary/aromatic N) is 4. The molecule has 0 N–H and O–H groups in total. The molecule has 1 aromatic heterocycles. The summed E-state index contributed by atoms with van der Waals surface area (Å²) in [7, 11) is -4.94. The molecule has 2 aliphatic rings. The summed E-state index contributed by atoms with van der Waals surface area (Å²) in [6.07, 6.45) is 10.5. The number of rotatable bonds is 6. The van der Waals surface area contributed by atoms with E-state index in [1.165, 1.54) is 66.1 Å². The minimum Gasteiger partial charge on any atom is -0.222 e. The Hall–Kier alpha value is -1.32. The molecule has 0 unspecified atom stereocenters. The van der Waals surface area contributed by atoms with Gasteiger partial charge in [-0.25, -0.2) is 18.6 Å². The molecule has 0 amide bonds. The normalized spacial score (nSPS) is 24.2. The van der Waals surface area contributed by atoms with Crippen LogP contribution >= 0.6 is 0 Å². The van der Waals surface area contributed by atoms with Crippen molar-refractivity contribution in [3.8, 4) is 0 Å². The van der Waals surface area contributed by atoms with Gasteiger partial charge in [-0.2, -0.15) is 0 Å². The van der Waals surface area contributed by atoms with E-state index >= 15 is 0 Å². The van der Waals surface area contributed by atoms with Crippen LogP contribution in [0.25, 0.3) is 0 Å². The Morgan fingerprint density at radius 3 is 1.84 bits per heavy atom. The zero-order valence-electron chi connectivity index (χ0n) is 20.9. The van der Waals surface area contributed by atoms with Gasteiger partial charge >= 0.3 is 205 Å². The fourth-order valence-corrected chi connectivity index (χ4v) is 11.0. The van der Waals surface area contributed by atoms with Crippen molar-refractivity contribution in [3.05, 3.63) is 66.5 Å². The van der Waals surface area contributed by atoms with Crippen molar-refractivity contribution in [2.45, 2.75) is 80.0 Å². The molecule has 37 heavy (non-hydrogen) atoms. The van der Waals surface area contributed by atoms with E-state index in [9.17, 15) is 0 Å². The van der Waals surface area contributed by atoms with Crippen LogP contribution in [0.4, 0.5) is 0 Å². The molecule has 2 aliphatic carbocycles. The van der Waals surface area contributed by atoms with Crippen molar-refractivity contribution < 1.29 is 33.6 Å². The Balaban J connectivity index is 0.000000586. The molecular weight excluding hydrogens is 626 g/mol. The SMILES string of the molecule is Cc1n([C@@H]2CCCC[C@H]2[Se]c2ccccc2)nn[n+]1[C@H]1CCCC[C@@H]1[Se]c1ccccc1.[O-][Cl+3]([O-])([O-])[O-]. The molecule has 4 atom stereocenters. The van der Waals surface area contributed by atoms with Crippen molar-refractivity contribution in [1.29, 1.82) is 0 Å². The van der Waals surface area contributed by atoms with Crippen LogP contribution < -0.4 is 32.2 Å². The molecule has 0 bridgehead atoms. The monoisotopic (exact) mass is 660 g/mol. The van der Waals surface area contributed by atoms with E-state index in [2.05, 4.69) is 77.0 Å². The zero-order chi connectivity index (χ0) is 26.3. The molecule has 5 rings (SSSR count). The van der Waals surface area contributed by atoms with Gasteiger partial charge in [-0.3, -0.25) is 0 Å². The Morgan fingerprint density at radius 2 is 1.24 bits per heavy atom. The van der Waals surface area contributed by atoms with Crippen LogP contribution in [0.3, 0.4) is 0 Å².